The van der Waals surface area contributed by atoms with E-state index in [4.69, 9.17) is 11.6 Å². The molecule has 2 aromatic rings. The van der Waals surface area contributed by atoms with Crippen LogP contribution >= 0.6 is 11.6 Å². The van der Waals surface area contributed by atoms with Gasteiger partial charge in [0.2, 0.25) is 11.7 Å². The van der Waals surface area contributed by atoms with Gasteiger partial charge in [0.25, 0.3) is 11.8 Å². The quantitative estimate of drug-likeness (QED) is 0.734. The van der Waals surface area contributed by atoms with Crippen molar-refractivity contribution in [2.75, 3.05) is 22.2 Å². The van der Waals surface area contributed by atoms with Crippen LogP contribution in [0.4, 0.5) is 17.1 Å². The van der Waals surface area contributed by atoms with Crippen molar-refractivity contribution in [3.63, 3.8) is 0 Å². The second kappa shape index (κ2) is 8.10. The second-order valence-corrected chi connectivity index (χ2v) is 6.60. The number of hydrogen-bond donors (Lipinski definition) is 3. The highest BCUT2D eigenvalue weighted by atomic mass is 35.5. The molecule has 1 aliphatic rings. The van der Waals surface area contributed by atoms with Crippen LogP contribution in [0.15, 0.2) is 47.5 Å². The number of rotatable bonds is 4. The van der Waals surface area contributed by atoms with Crippen LogP contribution in [-0.2, 0) is 14.4 Å². The SMILES string of the molecule is CC(=O)Nc1ccc(Cl)cc1NC(=O)C1=NCC(=O)N(c2ccc(C)cc2)N1. The second-order valence-electron chi connectivity index (χ2n) is 6.17. The molecule has 0 fully saturated rings. The van der Waals surface area contributed by atoms with E-state index in [-0.39, 0.29) is 24.2 Å². The molecule has 0 saturated carbocycles. The number of anilines is 3. The first-order valence-electron chi connectivity index (χ1n) is 8.42. The largest absolute Gasteiger partial charge is 0.325 e. The number of amidine groups is 1. The predicted molar refractivity (Wildman–Crippen MR) is 108 cm³/mol. The lowest BCUT2D eigenvalue weighted by molar-refractivity contribution is -0.118. The molecule has 1 aliphatic heterocycles. The van der Waals surface area contributed by atoms with E-state index >= 15 is 0 Å². The fourth-order valence-electron chi connectivity index (χ4n) is 2.55. The number of nitrogens with one attached hydrogen (secondary N) is 3. The molecule has 0 atom stereocenters. The molecular weight excluding hydrogens is 382 g/mol. The maximum absolute atomic E-state index is 12.7. The highest BCUT2D eigenvalue weighted by Gasteiger charge is 2.26. The average molecular weight is 400 g/mol. The molecule has 28 heavy (non-hydrogen) atoms. The Balaban J connectivity index is 1.79. The molecule has 0 bridgehead atoms. The lowest BCUT2D eigenvalue weighted by atomic mass is 10.2. The van der Waals surface area contributed by atoms with Gasteiger partial charge in [-0.1, -0.05) is 29.3 Å². The van der Waals surface area contributed by atoms with E-state index in [1.54, 1.807) is 24.3 Å². The van der Waals surface area contributed by atoms with Crippen LogP contribution in [0.1, 0.15) is 12.5 Å². The molecule has 1 heterocycles. The summed E-state index contributed by atoms with van der Waals surface area (Å²) in [6.07, 6.45) is 0. The Bertz CT molecular complexity index is 972. The van der Waals surface area contributed by atoms with Crippen LogP contribution < -0.4 is 21.1 Å². The van der Waals surface area contributed by atoms with Gasteiger partial charge in [-0.2, -0.15) is 0 Å². The first kappa shape index (κ1) is 19.4. The number of hydrogen-bond acceptors (Lipinski definition) is 5. The van der Waals surface area contributed by atoms with Crippen LogP contribution in [-0.4, -0.2) is 30.1 Å². The molecule has 0 radical (unpaired) electrons. The van der Waals surface area contributed by atoms with E-state index in [0.29, 0.717) is 22.1 Å². The van der Waals surface area contributed by atoms with Gasteiger partial charge in [0.05, 0.1) is 17.1 Å². The maximum atomic E-state index is 12.7. The minimum atomic E-state index is -0.571. The van der Waals surface area contributed by atoms with E-state index < -0.39 is 5.91 Å². The fraction of sp³-hybridized carbons (Fsp3) is 0.158. The Morgan fingerprint density at radius 1 is 1.11 bits per heavy atom. The van der Waals surface area contributed by atoms with Crippen molar-refractivity contribution >= 4 is 52.2 Å². The number of nitrogens with zero attached hydrogens (tertiary/aromatic N) is 2. The van der Waals surface area contributed by atoms with Gasteiger partial charge in [-0.05, 0) is 37.3 Å². The molecule has 3 rings (SSSR count). The van der Waals surface area contributed by atoms with E-state index in [1.807, 2.05) is 19.1 Å². The first-order chi connectivity index (χ1) is 13.3. The Hall–Kier alpha value is -3.39. The van der Waals surface area contributed by atoms with Crippen molar-refractivity contribution < 1.29 is 14.4 Å². The number of aliphatic imine (C=N–C) groups is 1. The average Bonchev–Trinajstić information content (AvgIpc) is 2.65. The molecule has 0 aromatic heterocycles. The number of aryl methyl sites for hydroxylation is 1. The summed E-state index contributed by atoms with van der Waals surface area (Å²) in [5.74, 6) is -1.18. The highest BCUT2D eigenvalue weighted by molar-refractivity contribution is 6.43. The smallest absolute Gasteiger partial charge is 0.292 e. The number of carbonyl (C=O) groups is 3. The summed E-state index contributed by atoms with van der Waals surface area (Å²) in [5.41, 5.74) is 5.09. The van der Waals surface area contributed by atoms with E-state index in [1.165, 1.54) is 18.0 Å². The molecular formula is C19H18ClN5O3. The normalized spacial score (nSPS) is 13.5. The van der Waals surface area contributed by atoms with Gasteiger partial charge in [0.1, 0.15) is 6.54 Å². The van der Waals surface area contributed by atoms with E-state index in [0.717, 1.165) is 5.56 Å². The van der Waals surface area contributed by atoms with Crippen molar-refractivity contribution in [2.24, 2.45) is 4.99 Å². The number of hydrazine groups is 1. The standard InChI is InChI=1S/C19H18ClN5O3/c1-11-3-6-14(7-4-11)25-17(27)10-21-18(24-25)19(28)23-16-9-13(20)5-8-15(16)22-12(2)26/h3-9H,10H2,1-2H3,(H,21,24)(H,22,26)(H,23,28). The fourth-order valence-corrected chi connectivity index (χ4v) is 2.72. The highest BCUT2D eigenvalue weighted by Crippen LogP contribution is 2.26. The predicted octanol–water partition coefficient (Wildman–Crippen LogP) is 2.50. The minimum absolute atomic E-state index is 0.0334. The summed E-state index contributed by atoms with van der Waals surface area (Å²) in [6.45, 7) is 3.13. The molecule has 8 nitrogen and oxygen atoms in total. The minimum Gasteiger partial charge on any atom is -0.325 e. The number of amides is 3. The van der Waals surface area contributed by atoms with Gasteiger partial charge in [0.15, 0.2) is 0 Å². The summed E-state index contributed by atoms with van der Waals surface area (Å²) >= 11 is 5.99. The molecule has 0 aliphatic carbocycles. The molecule has 0 unspecified atom stereocenters. The summed E-state index contributed by atoms with van der Waals surface area (Å²) in [5, 5.41) is 6.93. The monoisotopic (exact) mass is 399 g/mol. The lowest BCUT2D eigenvalue weighted by Gasteiger charge is -2.27. The van der Waals surface area contributed by atoms with Crippen LogP contribution in [0.5, 0.6) is 0 Å². The molecule has 9 heteroatoms. The molecule has 3 N–H and O–H groups in total. The van der Waals surface area contributed by atoms with Gasteiger partial charge in [-0.25, -0.2) is 5.01 Å². The van der Waals surface area contributed by atoms with Crippen LogP contribution in [0.25, 0.3) is 0 Å². The zero-order valence-electron chi connectivity index (χ0n) is 15.2. The van der Waals surface area contributed by atoms with Crippen molar-refractivity contribution in [1.29, 1.82) is 0 Å². The van der Waals surface area contributed by atoms with Gasteiger partial charge in [-0.15, -0.1) is 0 Å². The number of halogens is 1. The summed E-state index contributed by atoms with van der Waals surface area (Å²) in [4.78, 5) is 40.2. The Morgan fingerprint density at radius 3 is 2.50 bits per heavy atom. The van der Waals surface area contributed by atoms with Gasteiger partial charge >= 0.3 is 0 Å². The lowest BCUT2D eigenvalue weighted by Crippen LogP contribution is -2.54. The molecule has 0 saturated heterocycles. The van der Waals surface area contributed by atoms with Crippen LogP contribution in [0, 0.1) is 6.92 Å². The number of benzene rings is 2. The van der Waals surface area contributed by atoms with Gasteiger partial charge in [-0.3, -0.25) is 24.8 Å². The molecule has 2 aromatic carbocycles. The third kappa shape index (κ3) is 4.47. The van der Waals surface area contributed by atoms with Crippen molar-refractivity contribution in [3.05, 3.63) is 53.1 Å². The summed E-state index contributed by atoms with van der Waals surface area (Å²) < 4.78 is 0. The zero-order chi connectivity index (χ0) is 20.3. The third-order valence-corrected chi connectivity index (χ3v) is 4.12. The maximum Gasteiger partial charge on any atom is 0.292 e. The van der Waals surface area contributed by atoms with Crippen molar-refractivity contribution in [1.82, 2.24) is 5.43 Å². The Morgan fingerprint density at radius 2 is 1.82 bits per heavy atom. The van der Waals surface area contributed by atoms with Gasteiger partial charge < -0.3 is 10.6 Å². The molecule has 144 valence electrons. The van der Waals surface area contributed by atoms with Crippen LogP contribution in [0.2, 0.25) is 5.02 Å². The summed E-state index contributed by atoms with van der Waals surface area (Å²) in [6, 6.07) is 12.0. The van der Waals surface area contributed by atoms with Gasteiger partial charge in [0, 0.05) is 11.9 Å². The zero-order valence-corrected chi connectivity index (χ0v) is 16.0. The first-order valence-corrected chi connectivity index (χ1v) is 8.80. The third-order valence-electron chi connectivity index (χ3n) is 3.89. The Kier molecular flexibility index (Phi) is 5.60. The topological polar surface area (TPSA) is 103 Å². The molecule has 0 spiro atoms. The molecule has 3 amide bonds. The summed E-state index contributed by atoms with van der Waals surface area (Å²) in [7, 11) is 0. The van der Waals surface area contributed by atoms with Crippen LogP contribution in [0.3, 0.4) is 0 Å². The number of carbonyl (C=O) groups excluding carboxylic acids is 3. The van der Waals surface area contributed by atoms with Crippen molar-refractivity contribution in [3.8, 4) is 0 Å². The Labute approximate surface area is 166 Å². The van der Waals surface area contributed by atoms with Crippen molar-refractivity contribution in [2.45, 2.75) is 13.8 Å². The van der Waals surface area contributed by atoms with E-state index in [2.05, 4.69) is 21.1 Å². The van der Waals surface area contributed by atoms with E-state index in [9.17, 15) is 14.4 Å².